The lowest BCUT2D eigenvalue weighted by Crippen LogP contribution is -2.48. The molecule has 0 atom stereocenters. The van der Waals surface area contributed by atoms with Crippen molar-refractivity contribution in [1.29, 1.82) is 0 Å². The van der Waals surface area contributed by atoms with Crippen LogP contribution in [-0.2, 0) is 6.54 Å². The minimum absolute atomic E-state index is 0.0538. The van der Waals surface area contributed by atoms with Crippen LogP contribution in [0.15, 0.2) is 36.4 Å². The van der Waals surface area contributed by atoms with E-state index in [9.17, 15) is 24.0 Å². The van der Waals surface area contributed by atoms with Crippen molar-refractivity contribution in [1.82, 2.24) is 9.80 Å². The zero-order valence-electron chi connectivity index (χ0n) is 15.0. The quantitative estimate of drug-likeness (QED) is 0.572. The molecule has 0 aliphatic carbocycles. The van der Waals surface area contributed by atoms with Crippen molar-refractivity contribution in [3.05, 3.63) is 63.9 Å². The van der Waals surface area contributed by atoms with Crippen LogP contribution in [-0.4, -0.2) is 65.3 Å². The van der Waals surface area contributed by atoms with Gasteiger partial charge in [0.15, 0.2) is 0 Å². The maximum Gasteiger partial charge on any atom is 0.489 e. The van der Waals surface area contributed by atoms with Crippen LogP contribution in [0.25, 0.3) is 0 Å². The molecule has 28 heavy (non-hydrogen) atoms. The van der Waals surface area contributed by atoms with Gasteiger partial charge in [0, 0.05) is 54.4 Å². The Bertz CT molecular complexity index is 868. The standard InChI is InChI=1S/C19H19BClFN2O4/c21-17-2-1-3-18(22)15(17)11-23-6-8-24(9-7-23)19(26)13-4-5-16(20(27)28)14(10-13)12-25/h1-5,10,12,27-28H,6-9,11H2. The molecule has 1 aliphatic heterocycles. The first-order valence-corrected chi connectivity index (χ1v) is 9.18. The van der Waals surface area contributed by atoms with Gasteiger partial charge in [-0.05, 0) is 29.7 Å². The Labute approximate surface area is 167 Å². The number of nitrogens with zero attached hydrogens (tertiary/aromatic N) is 2. The summed E-state index contributed by atoms with van der Waals surface area (Å²) in [5.74, 6) is -0.593. The number of halogens is 2. The van der Waals surface area contributed by atoms with Gasteiger partial charge < -0.3 is 14.9 Å². The predicted molar refractivity (Wildman–Crippen MR) is 104 cm³/mol. The highest BCUT2D eigenvalue weighted by Gasteiger charge is 2.25. The van der Waals surface area contributed by atoms with E-state index in [1.165, 1.54) is 24.3 Å². The van der Waals surface area contributed by atoms with E-state index in [1.807, 2.05) is 4.90 Å². The molecule has 1 saturated heterocycles. The largest absolute Gasteiger partial charge is 0.489 e. The van der Waals surface area contributed by atoms with Gasteiger partial charge in [0.25, 0.3) is 5.91 Å². The number of aldehydes is 1. The monoisotopic (exact) mass is 404 g/mol. The third-order valence-corrected chi connectivity index (χ3v) is 5.20. The molecule has 146 valence electrons. The van der Waals surface area contributed by atoms with Crippen LogP contribution >= 0.6 is 11.6 Å². The Balaban J connectivity index is 1.65. The summed E-state index contributed by atoms with van der Waals surface area (Å²) in [7, 11) is -1.78. The Kier molecular flexibility index (Phi) is 6.46. The lowest BCUT2D eigenvalue weighted by molar-refractivity contribution is 0.0627. The number of carbonyl (C=O) groups is 2. The maximum atomic E-state index is 14.0. The van der Waals surface area contributed by atoms with E-state index in [1.54, 1.807) is 17.0 Å². The van der Waals surface area contributed by atoms with Crippen molar-refractivity contribution in [2.24, 2.45) is 0 Å². The molecule has 9 heteroatoms. The molecule has 2 N–H and O–H groups in total. The molecule has 3 rings (SSSR count). The lowest BCUT2D eigenvalue weighted by atomic mass is 9.77. The highest BCUT2D eigenvalue weighted by Crippen LogP contribution is 2.21. The summed E-state index contributed by atoms with van der Waals surface area (Å²) in [6, 6.07) is 8.77. The molecule has 6 nitrogen and oxygen atoms in total. The van der Waals surface area contributed by atoms with E-state index in [4.69, 9.17) is 11.6 Å². The second-order valence-corrected chi connectivity index (χ2v) is 7.01. The van der Waals surface area contributed by atoms with Crippen molar-refractivity contribution in [2.45, 2.75) is 6.54 Å². The lowest BCUT2D eigenvalue weighted by Gasteiger charge is -2.35. The van der Waals surface area contributed by atoms with E-state index >= 15 is 0 Å². The Morgan fingerprint density at radius 2 is 1.89 bits per heavy atom. The van der Waals surface area contributed by atoms with Gasteiger partial charge in [0.1, 0.15) is 12.1 Å². The summed E-state index contributed by atoms with van der Waals surface area (Å²) in [6.07, 6.45) is 0.488. The van der Waals surface area contributed by atoms with Crippen LogP contribution in [0.1, 0.15) is 26.3 Å². The normalized spacial score (nSPS) is 14.8. The van der Waals surface area contributed by atoms with Gasteiger partial charge in [-0.3, -0.25) is 14.5 Å². The summed E-state index contributed by atoms with van der Waals surface area (Å²) < 4.78 is 14.0. The van der Waals surface area contributed by atoms with Crippen LogP contribution in [0.4, 0.5) is 4.39 Å². The maximum absolute atomic E-state index is 14.0. The van der Waals surface area contributed by atoms with Gasteiger partial charge in [0.2, 0.25) is 0 Å². The van der Waals surface area contributed by atoms with E-state index in [0.29, 0.717) is 55.2 Å². The molecule has 0 aromatic heterocycles. The highest BCUT2D eigenvalue weighted by atomic mass is 35.5. The Morgan fingerprint density at radius 1 is 1.18 bits per heavy atom. The van der Waals surface area contributed by atoms with Gasteiger partial charge in [0.05, 0.1) is 0 Å². The first-order valence-electron chi connectivity index (χ1n) is 8.80. The first kappa shape index (κ1) is 20.5. The minimum Gasteiger partial charge on any atom is -0.423 e. The average Bonchev–Trinajstić information content (AvgIpc) is 2.70. The molecule has 2 aromatic carbocycles. The predicted octanol–water partition coefficient (Wildman–Crippen LogP) is 0.929. The topological polar surface area (TPSA) is 81.1 Å². The molecule has 0 spiro atoms. The fourth-order valence-electron chi connectivity index (χ4n) is 3.24. The van der Waals surface area contributed by atoms with Crippen molar-refractivity contribution in [2.75, 3.05) is 26.2 Å². The highest BCUT2D eigenvalue weighted by molar-refractivity contribution is 6.60. The molecule has 0 saturated carbocycles. The summed E-state index contributed by atoms with van der Waals surface area (Å²) in [5, 5.41) is 18.9. The van der Waals surface area contributed by atoms with Crippen molar-refractivity contribution >= 4 is 36.4 Å². The van der Waals surface area contributed by atoms with Crippen molar-refractivity contribution < 1.29 is 24.0 Å². The number of carbonyl (C=O) groups excluding carboxylic acids is 2. The van der Waals surface area contributed by atoms with Gasteiger partial charge in [-0.25, -0.2) is 4.39 Å². The average molecular weight is 405 g/mol. The molecule has 0 unspecified atom stereocenters. The van der Waals surface area contributed by atoms with Crippen molar-refractivity contribution in [3.63, 3.8) is 0 Å². The number of piperazine rings is 1. The van der Waals surface area contributed by atoms with Crippen LogP contribution in [0.2, 0.25) is 5.02 Å². The van der Waals surface area contributed by atoms with Crippen LogP contribution in [0.5, 0.6) is 0 Å². The number of hydrogen-bond donors (Lipinski definition) is 2. The van der Waals surface area contributed by atoms with E-state index in [2.05, 4.69) is 0 Å². The van der Waals surface area contributed by atoms with Gasteiger partial charge >= 0.3 is 7.12 Å². The van der Waals surface area contributed by atoms with Crippen LogP contribution in [0.3, 0.4) is 0 Å². The number of benzene rings is 2. The molecule has 0 radical (unpaired) electrons. The summed E-state index contributed by atoms with van der Waals surface area (Å²) in [4.78, 5) is 27.5. The van der Waals surface area contributed by atoms with E-state index < -0.39 is 7.12 Å². The Morgan fingerprint density at radius 3 is 2.50 bits per heavy atom. The summed E-state index contributed by atoms with van der Waals surface area (Å²) in [6.45, 7) is 2.39. The fourth-order valence-corrected chi connectivity index (χ4v) is 3.47. The Hall–Kier alpha value is -2.26. The van der Waals surface area contributed by atoms with Crippen LogP contribution in [0, 0.1) is 5.82 Å². The fraction of sp³-hybridized carbons (Fsp3) is 0.263. The van der Waals surface area contributed by atoms with E-state index in [-0.39, 0.29) is 22.8 Å². The SMILES string of the molecule is O=Cc1cc(C(=O)N2CCN(Cc3c(F)cccc3Cl)CC2)ccc1B(O)O. The second kappa shape index (κ2) is 8.83. The zero-order chi connectivity index (χ0) is 20.3. The van der Waals surface area contributed by atoms with Gasteiger partial charge in [-0.1, -0.05) is 23.7 Å². The smallest absolute Gasteiger partial charge is 0.423 e. The van der Waals surface area contributed by atoms with Gasteiger partial charge in [-0.2, -0.15) is 0 Å². The molecule has 1 fully saturated rings. The molecular formula is C19H19BClFN2O4. The number of rotatable bonds is 5. The van der Waals surface area contributed by atoms with Gasteiger partial charge in [-0.15, -0.1) is 0 Å². The van der Waals surface area contributed by atoms with Crippen LogP contribution < -0.4 is 5.46 Å². The van der Waals surface area contributed by atoms with E-state index in [0.717, 1.165) is 0 Å². The molecule has 1 aliphatic rings. The zero-order valence-corrected chi connectivity index (χ0v) is 15.8. The summed E-state index contributed by atoms with van der Waals surface area (Å²) >= 11 is 6.08. The number of amides is 1. The summed E-state index contributed by atoms with van der Waals surface area (Å²) in [5.41, 5.74) is 0.863. The molecular weight excluding hydrogens is 385 g/mol. The molecule has 0 bridgehead atoms. The molecule has 1 heterocycles. The number of hydrogen-bond acceptors (Lipinski definition) is 5. The third-order valence-electron chi connectivity index (χ3n) is 4.84. The van der Waals surface area contributed by atoms with Crippen molar-refractivity contribution in [3.8, 4) is 0 Å². The third kappa shape index (κ3) is 4.42. The molecule has 1 amide bonds. The second-order valence-electron chi connectivity index (χ2n) is 6.60. The minimum atomic E-state index is -1.78. The molecule has 2 aromatic rings. The first-order chi connectivity index (χ1) is 13.4.